The first-order valence-corrected chi connectivity index (χ1v) is 13.0. The van der Waals surface area contributed by atoms with Crippen LogP contribution in [0.2, 0.25) is 0 Å². The third-order valence-electron chi connectivity index (χ3n) is 8.23. The fourth-order valence-electron chi connectivity index (χ4n) is 6.56. The van der Waals surface area contributed by atoms with E-state index in [1.807, 2.05) is 6.07 Å². The molecule has 1 saturated carbocycles. The zero-order valence-electron chi connectivity index (χ0n) is 22.1. The van der Waals surface area contributed by atoms with E-state index < -0.39 is 40.8 Å². The van der Waals surface area contributed by atoms with Crippen LogP contribution in [0, 0.1) is 16.0 Å². The summed E-state index contributed by atoms with van der Waals surface area (Å²) in [4.78, 5) is 56.1. The average Bonchev–Trinajstić information content (AvgIpc) is 3.44. The van der Waals surface area contributed by atoms with E-state index in [9.17, 15) is 24.5 Å². The number of benzene rings is 2. The van der Waals surface area contributed by atoms with Gasteiger partial charge in [0, 0.05) is 12.0 Å². The molecule has 0 radical (unpaired) electrons. The quantitative estimate of drug-likeness (QED) is 0.222. The number of carbonyl (C=O) groups excluding carboxylic acids is 3. The van der Waals surface area contributed by atoms with Crippen LogP contribution in [-0.4, -0.2) is 66.0 Å². The first-order valence-electron chi connectivity index (χ1n) is 13.0. The van der Waals surface area contributed by atoms with Gasteiger partial charge in [0.15, 0.2) is 11.5 Å². The maximum atomic E-state index is 14.1. The molecule has 0 N–H and O–H groups in total. The summed E-state index contributed by atoms with van der Waals surface area (Å²) in [6.07, 6.45) is 4.26. The monoisotopic (exact) mass is 537 g/mol. The fraction of sp³-hybridized carbons (Fsp3) is 0.464. The molecule has 2 aromatic carbocycles. The Morgan fingerprint density at radius 2 is 1.59 bits per heavy atom. The summed E-state index contributed by atoms with van der Waals surface area (Å²) in [5.41, 5.74) is 0.388. The van der Waals surface area contributed by atoms with E-state index in [-0.39, 0.29) is 34.7 Å². The number of esters is 1. The lowest BCUT2D eigenvalue weighted by Crippen LogP contribution is -2.45. The number of hydrogen-bond donors (Lipinski definition) is 0. The molecule has 5 rings (SSSR count). The fourth-order valence-corrected chi connectivity index (χ4v) is 6.56. The molecule has 4 unspecified atom stereocenters. The molecule has 0 bridgehead atoms. The number of methoxy groups -OCH3 is 3. The molecule has 3 amide bonds. The second-order valence-corrected chi connectivity index (χ2v) is 10.1. The first-order chi connectivity index (χ1) is 18.8. The largest absolute Gasteiger partial charge is 0.493 e. The lowest BCUT2D eigenvalue weighted by molar-refractivity contribution is -0.386. The lowest BCUT2D eigenvalue weighted by atomic mass is 9.79. The molecular formula is C28H31N3O8. The smallest absolute Gasteiger partial charge is 0.328 e. The maximum Gasteiger partial charge on any atom is 0.328 e. The van der Waals surface area contributed by atoms with E-state index in [2.05, 4.69) is 0 Å². The number of imide groups is 1. The Hall–Kier alpha value is -4.15. The van der Waals surface area contributed by atoms with Crippen molar-refractivity contribution in [2.75, 3.05) is 21.3 Å². The lowest BCUT2D eigenvalue weighted by Gasteiger charge is -2.32. The standard InChI is InChI=1S/C28H31N3O8/c1-37-20-14-18(19(31(35)36)15-21(20)38-2)24-23(27(33)39-3)22(16-10-6-4-7-11-16)25-26(32)29(28(34)30(24)25)17-12-8-5-9-13-17/h4,6-7,10-11,14-15,17,22-25H,5,8-9,12-13H2,1-3H3. The van der Waals surface area contributed by atoms with Crippen LogP contribution in [0.4, 0.5) is 10.5 Å². The van der Waals surface area contributed by atoms with Crippen molar-refractivity contribution in [3.8, 4) is 11.5 Å². The molecule has 11 nitrogen and oxygen atoms in total. The highest BCUT2D eigenvalue weighted by Crippen LogP contribution is 2.56. The third kappa shape index (κ3) is 4.25. The van der Waals surface area contributed by atoms with Crippen molar-refractivity contribution in [3.63, 3.8) is 0 Å². The maximum absolute atomic E-state index is 14.1. The van der Waals surface area contributed by atoms with Gasteiger partial charge in [0.25, 0.3) is 11.6 Å². The molecule has 206 valence electrons. The molecule has 11 heteroatoms. The number of amides is 3. The highest BCUT2D eigenvalue weighted by Gasteiger charge is 2.65. The van der Waals surface area contributed by atoms with Gasteiger partial charge in [-0.15, -0.1) is 0 Å². The van der Waals surface area contributed by atoms with Crippen LogP contribution < -0.4 is 9.47 Å². The summed E-state index contributed by atoms with van der Waals surface area (Å²) >= 11 is 0. The van der Waals surface area contributed by atoms with Crippen LogP contribution in [0.1, 0.15) is 55.2 Å². The van der Waals surface area contributed by atoms with Crippen LogP contribution in [0.5, 0.6) is 11.5 Å². The summed E-state index contributed by atoms with van der Waals surface area (Å²) in [6, 6.07) is 8.66. The molecule has 0 aromatic heterocycles. The second kappa shape index (κ2) is 10.5. The number of hydrogen-bond acceptors (Lipinski definition) is 8. The molecule has 2 heterocycles. The van der Waals surface area contributed by atoms with Gasteiger partial charge < -0.3 is 19.1 Å². The van der Waals surface area contributed by atoms with Gasteiger partial charge in [-0.2, -0.15) is 0 Å². The summed E-state index contributed by atoms with van der Waals surface area (Å²) < 4.78 is 15.9. The van der Waals surface area contributed by atoms with E-state index in [1.165, 1.54) is 43.3 Å². The predicted octanol–water partition coefficient (Wildman–Crippen LogP) is 4.21. The zero-order chi connectivity index (χ0) is 27.8. The molecule has 4 atom stereocenters. The van der Waals surface area contributed by atoms with Gasteiger partial charge in [0.2, 0.25) is 0 Å². The topological polar surface area (TPSA) is 129 Å². The number of rotatable bonds is 7. The van der Waals surface area contributed by atoms with Crippen molar-refractivity contribution < 1.29 is 33.5 Å². The minimum Gasteiger partial charge on any atom is -0.493 e. The van der Waals surface area contributed by atoms with Crippen LogP contribution in [0.25, 0.3) is 0 Å². The van der Waals surface area contributed by atoms with Crippen molar-refractivity contribution >= 4 is 23.6 Å². The van der Waals surface area contributed by atoms with Crippen molar-refractivity contribution in [3.05, 3.63) is 63.7 Å². The van der Waals surface area contributed by atoms with Crippen LogP contribution in [0.3, 0.4) is 0 Å². The summed E-state index contributed by atoms with van der Waals surface area (Å²) in [6.45, 7) is 0. The Morgan fingerprint density at radius 1 is 0.949 bits per heavy atom. The SMILES string of the molecule is COC(=O)C1C(c2ccccc2)C2C(=O)N(C3CCCCC3)C(=O)N2C1c1cc(OC)c(OC)cc1[N+](=O)[O-]. The number of nitro groups is 1. The van der Waals surface area contributed by atoms with Crippen molar-refractivity contribution in [1.82, 2.24) is 9.80 Å². The Morgan fingerprint density at radius 3 is 2.18 bits per heavy atom. The van der Waals surface area contributed by atoms with Crippen molar-refractivity contribution in [2.45, 2.75) is 56.1 Å². The normalized spacial score (nSPS) is 25.0. The summed E-state index contributed by atoms with van der Waals surface area (Å²) in [5, 5.41) is 12.3. The number of carbonyl (C=O) groups is 3. The van der Waals surface area contributed by atoms with Gasteiger partial charge in [-0.05, 0) is 24.5 Å². The molecule has 2 saturated heterocycles. The van der Waals surface area contributed by atoms with E-state index in [4.69, 9.17) is 14.2 Å². The van der Waals surface area contributed by atoms with E-state index in [0.717, 1.165) is 19.3 Å². The molecule has 2 aromatic rings. The molecule has 1 aliphatic carbocycles. The Balaban J connectivity index is 1.75. The molecule has 3 aliphatic rings. The molecule has 39 heavy (non-hydrogen) atoms. The number of urea groups is 1. The Labute approximate surface area is 225 Å². The van der Waals surface area contributed by atoms with Gasteiger partial charge in [0.1, 0.15) is 6.04 Å². The highest BCUT2D eigenvalue weighted by molar-refractivity contribution is 6.07. The van der Waals surface area contributed by atoms with Crippen molar-refractivity contribution in [1.29, 1.82) is 0 Å². The second-order valence-electron chi connectivity index (χ2n) is 10.1. The number of nitrogens with zero attached hydrogens (tertiary/aromatic N) is 3. The van der Waals surface area contributed by atoms with Gasteiger partial charge >= 0.3 is 12.0 Å². The van der Waals surface area contributed by atoms with E-state index in [1.54, 1.807) is 24.3 Å². The number of ether oxygens (including phenoxy) is 3. The van der Waals surface area contributed by atoms with Crippen LogP contribution in [0.15, 0.2) is 42.5 Å². The first kappa shape index (κ1) is 26.5. The van der Waals surface area contributed by atoms with Gasteiger partial charge in [0.05, 0.1) is 49.8 Å². The highest BCUT2D eigenvalue weighted by atomic mass is 16.6. The van der Waals surface area contributed by atoms with Crippen LogP contribution in [-0.2, 0) is 14.3 Å². The van der Waals surface area contributed by atoms with E-state index >= 15 is 0 Å². The van der Waals surface area contributed by atoms with Crippen molar-refractivity contribution in [2.24, 2.45) is 5.92 Å². The Bertz CT molecular complexity index is 1290. The molecular weight excluding hydrogens is 506 g/mol. The van der Waals surface area contributed by atoms with Gasteiger partial charge in [-0.3, -0.25) is 24.6 Å². The molecule has 0 spiro atoms. The zero-order valence-corrected chi connectivity index (χ0v) is 22.1. The molecule has 3 fully saturated rings. The summed E-state index contributed by atoms with van der Waals surface area (Å²) in [7, 11) is 3.98. The minimum atomic E-state index is -1.15. The van der Waals surface area contributed by atoms with Gasteiger partial charge in [-0.1, -0.05) is 49.6 Å². The predicted molar refractivity (Wildman–Crippen MR) is 138 cm³/mol. The minimum absolute atomic E-state index is 0.0723. The number of nitro benzene ring substituents is 1. The summed E-state index contributed by atoms with van der Waals surface area (Å²) in [5.74, 6) is -2.59. The van der Waals surface area contributed by atoms with E-state index in [0.29, 0.717) is 18.4 Å². The molecule has 2 aliphatic heterocycles. The average molecular weight is 538 g/mol. The van der Waals surface area contributed by atoms with Crippen LogP contribution >= 0.6 is 0 Å². The van der Waals surface area contributed by atoms with Gasteiger partial charge in [-0.25, -0.2) is 4.79 Å². The number of fused-ring (bicyclic) bond motifs is 1. The third-order valence-corrected chi connectivity index (χ3v) is 8.23. The Kier molecular flexibility index (Phi) is 7.16.